The summed E-state index contributed by atoms with van der Waals surface area (Å²) in [5.74, 6) is 0.0303. The predicted octanol–water partition coefficient (Wildman–Crippen LogP) is 3.17. The van der Waals surface area contributed by atoms with Gasteiger partial charge in [-0.25, -0.2) is 4.98 Å². The lowest BCUT2D eigenvalue weighted by Gasteiger charge is -2.11. The summed E-state index contributed by atoms with van der Waals surface area (Å²) in [5, 5.41) is 19.4. The Bertz CT molecular complexity index is 1010. The topological polar surface area (TPSA) is 120 Å². The second-order valence-electron chi connectivity index (χ2n) is 5.99. The van der Waals surface area contributed by atoms with E-state index in [9.17, 15) is 10.1 Å². The first-order chi connectivity index (χ1) is 12.4. The van der Waals surface area contributed by atoms with E-state index < -0.39 is 0 Å². The summed E-state index contributed by atoms with van der Waals surface area (Å²) in [6, 6.07) is 11.2. The molecule has 0 saturated heterocycles. The molecule has 0 unspecified atom stereocenters. The van der Waals surface area contributed by atoms with Crippen LogP contribution in [0.15, 0.2) is 30.3 Å². The molecule has 0 atom stereocenters. The monoisotopic (exact) mass is 346 g/mol. The van der Waals surface area contributed by atoms with E-state index in [0.717, 1.165) is 22.5 Å². The quantitative estimate of drug-likeness (QED) is 0.672. The second-order valence-corrected chi connectivity index (χ2v) is 5.99. The number of nitrogens with two attached hydrogens (primary N) is 1. The fraction of sp³-hybridized carbons (Fsp3) is 0.158. The van der Waals surface area contributed by atoms with Gasteiger partial charge in [0.1, 0.15) is 17.5 Å². The van der Waals surface area contributed by atoms with Gasteiger partial charge in [-0.1, -0.05) is 12.1 Å². The molecule has 7 heteroatoms. The first-order valence-electron chi connectivity index (χ1n) is 8.01. The number of nitriles is 1. The van der Waals surface area contributed by atoms with Crippen LogP contribution in [0.2, 0.25) is 0 Å². The number of amides is 1. The highest BCUT2D eigenvalue weighted by molar-refractivity contribution is 5.89. The zero-order chi connectivity index (χ0) is 18.8. The van der Waals surface area contributed by atoms with Gasteiger partial charge in [-0.2, -0.15) is 10.4 Å². The van der Waals surface area contributed by atoms with Crippen LogP contribution in [0.4, 0.5) is 11.5 Å². The summed E-state index contributed by atoms with van der Waals surface area (Å²) in [4.78, 5) is 15.6. The SMILES string of the molecule is CC(=O)Nc1ccc(-c2cc(-c3c(C)n[nH]c3C)nc(N)c2C#N)cc1. The highest BCUT2D eigenvalue weighted by Gasteiger charge is 2.17. The molecule has 0 fully saturated rings. The van der Waals surface area contributed by atoms with Gasteiger partial charge in [0.25, 0.3) is 0 Å². The highest BCUT2D eigenvalue weighted by Crippen LogP contribution is 2.33. The Labute approximate surface area is 150 Å². The third-order valence-corrected chi connectivity index (χ3v) is 4.06. The molecule has 0 radical (unpaired) electrons. The maximum Gasteiger partial charge on any atom is 0.221 e. The van der Waals surface area contributed by atoms with Crippen molar-refractivity contribution in [3.8, 4) is 28.5 Å². The molecule has 0 aliphatic heterocycles. The number of carbonyl (C=O) groups is 1. The molecule has 4 N–H and O–H groups in total. The summed E-state index contributed by atoms with van der Waals surface area (Å²) < 4.78 is 0. The van der Waals surface area contributed by atoms with Gasteiger partial charge in [-0.05, 0) is 37.6 Å². The Morgan fingerprint density at radius 3 is 2.50 bits per heavy atom. The molecule has 1 amide bonds. The van der Waals surface area contributed by atoms with Gasteiger partial charge in [-0.15, -0.1) is 0 Å². The number of benzene rings is 1. The first kappa shape index (κ1) is 17.2. The number of anilines is 2. The van der Waals surface area contributed by atoms with E-state index in [-0.39, 0.29) is 11.7 Å². The summed E-state index contributed by atoms with van der Waals surface area (Å²) in [6.45, 7) is 5.25. The van der Waals surface area contributed by atoms with Crippen molar-refractivity contribution >= 4 is 17.4 Å². The Morgan fingerprint density at radius 1 is 1.27 bits per heavy atom. The number of H-pyrrole nitrogens is 1. The van der Waals surface area contributed by atoms with Crippen LogP contribution in [-0.2, 0) is 4.79 Å². The van der Waals surface area contributed by atoms with Gasteiger partial charge < -0.3 is 11.1 Å². The lowest BCUT2D eigenvalue weighted by atomic mass is 9.97. The van der Waals surface area contributed by atoms with Gasteiger partial charge in [0.15, 0.2) is 0 Å². The Hall–Kier alpha value is -3.66. The van der Waals surface area contributed by atoms with Crippen molar-refractivity contribution in [2.45, 2.75) is 20.8 Å². The molecule has 0 bridgehead atoms. The average molecular weight is 346 g/mol. The molecule has 7 nitrogen and oxygen atoms in total. The Morgan fingerprint density at radius 2 is 1.96 bits per heavy atom. The fourth-order valence-corrected chi connectivity index (χ4v) is 2.90. The number of rotatable bonds is 3. The van der Waals surface area contributed by atoms with E-state index in [4.69, 9.17) is 5.73 Å². The standard InChI is InChI=1S/C19H18N6O/c1-10-18(11(2)25-24-10)17-8-15(16(9-20)19(21)23-17)13-4-6-14(7-5-13)22-12(3)26/h4-8H,1-3H3,(H2,21,23)(H,22,26)(H,24,25). The number of aromatic nitrogens is 3. The molecule has 0 aliphatic carbocycles. The summed E-state index contributed by atoms with van der Waals surface area (Å²) in [6.07, 6.45) is 0. The number of nitrogen functional groups attached to an aromatic ring is 1. The number of hydrogen-bond acceptors (Lipinski definition) is 5. The largest absolute Gasteiger partial charge is 0.383 e. The maximum absolute atomic E-state index is 11.2. The zero-order valence-electron chi connectivity index (χ0n) is 14.7. The highest BCUT2D eigenvalue weighted by atomic mass is 16.1. The van der Waals surface area contributed by atoms with Crippen molar-refractivity contribution < 1.29 is 4.79 Å². The molecular formula is C19H18N6O. The molecule has 0 aliphatic rings. The number of nitrogens with zero attached hydrogens (tertiary/aromatic N) is 3. The molecule has 3 rings (SSSR count). The molecule has 0 saturated carbocycles. The summed E-state index contributed by atoms with van der Waals surface area (Å²) >= 11 is 0. The van der Waals surface area contributed by atoms with Crippen molar-refractivity contribution in [1.82, 2.24) is 15.2 Å². The Kier molecular flexibility index (Phi) is 4.42. The van der Waals surface area contributed by atoms with Gasteiger partial charge in [0, 0.05) is 29.4 Å². The van der Waals surface area contributed by atoms with Crippen molar-refractivity contribution in [1.29, 1.82) is 5.26 Å². The van der Waals surface area contributed by atoms with E-state index in [0.29, 0.717) is 22.5 Å². The van der Waals surface area contributed by atoms with Crippen molar-refractivity contribution in [3.05, 3.63) is 47.3 Å². The lowest BCUT2D eigenvalue weighted by molar-refractivity contribution is -0.114. The van der Waals surface area contributed by atoms with Gasteiger partial charge in [0.2, 0.25) is 5.91 Å². The number of carbonyl (C=O) groups excluding carboxylic acids is 1. The number of hydrogen-bond donors (Lipinski definition) is 3. The Balaban J connectivity index is 2.14. The molecule has 1 aromatic carbocycles. The molecule has 2 aromatic heterocycles. The normalized spacial score (nSPS) is 10.4. The van der Waals surface area contributed by atoms with E-state index in [1.807, 2.05) is 32.0 Å². The molecule has 26 heavy (non-hydrogen) atoms. The molecule has 0 spiro atoms. The smallest absolute Gasteiger partial charge is 0.221 e. The minimum absolute atomic E-state index is 0.142. The van der Waals surface area contributed by atoms with Crippen LogP contribution in [-0.4, -0.2) is 21.1 Å². The van der Waals surface area contributed by atoms with Crippen molar-refractivity contribution in [2.75, 3.05) is 11.1 Å². The van der Waals surface area contributed by atoms with Crippen molar-refractivity contribution in [3.63, 3.8) is 0 Å². The third-order valence-electron chi connectivity index (χ3n) is 4.06. The average Bonchev–Trinajstić information content (AvgIpc) is 2.93. The number of aromatic amines is 1. The third kappa shape index (κ3) is 3.13. The second kappa shape index (κ2) is 6.69. The van der Waals surface area contributed by atoms with Crippen LogP contribution in [0, 0.1) is 25.2 Å². The van der Waals surface area contributed by atoms with Gasteiger partial charge >= 0.3 is 0 Å². The van der Waals surface area contributed by atoms with Crippen molar-refractivity contribution in [2.24, 2.45) is 0 Å². The van der Waals surface area contributed by atoms with E-state index in [2.05, 4.69) is 26.6 Å². The van der Waals surface area contributed by atoms with E-state index in [1.165, 1.54) is 6.92 Å². The van der Waals surface area contributed by atoms with Crippen LogP contribution in [0.3, 0.4) is 0 Å². The van der Waals surface area contributed by atoms with Crippen LogP contribution in [0.5, 0.6) is 0 Å². The minimum atomic E-state index is -0.142. The summed E-state index contributed by atoms with van der Waals surface area (Å²) in [7, 11) is 0. The van der Waals surface area contributed by atoms with Gasteiger partial charge in [0.05, 0.1) is 11.4 Å². The molecule has 130 valence electrons. The summed E-state index contributed by atoms with van der Waals surface area (Å²) in [5.41, 5.74) is 11.8. The maximum atomic E-state index is 11.2. The van der Waals surface area contributed by atoms with E-state index in [1.54, 1.807) is 12.1 Å². The van der Waals surface area contributed by atoms with Crippen LogP contribution in [0.1, 0.15) is 23.9 Å². The molecular weight excluding hydrogens is 328 g/mol. The lowest BCUT2D eigenvalue weighted by Crippen LogP contribution is -2.05. The number of aryl methyl sites for hydroxylation is 2. The van der Waals surface area contributed by atoms with Crippen LogP contribution < -0.4 is 11.1 Å². The van der Waals surface area contributed by atoms with Gasteiger partial charge in [-0.3, -0.25) is 9.89 Å². The fourth-order valence-electron chi connectivity index (χ4n) is 2.90. The number of nitrogens with one attached hydrogen (secondary N) is 2. The predicted molar refractivity (Wildman–Crippen MR) is 100 cm³/mol. The van der Waals surface area contributed by atoms with Crippen LogP contribution >= 0.6 is 0 Å². The molecule has 2 heterocycles. The van der Waals surface area contributed by atoms with E-state index >= 15 is 0 Å². The first-order valence-corrected chi connectivity index (χ1v) is 8.01. The molecule has 3 aromatic rings. The minimum Gasteiger partial charge on any atom is -0.383 e. The van der Waals surface area contributed by atoms with Crippen LogP contribution in [0.25, 0.3) is 22.4 Å². The number of pyridine rings is 1. The zero-order valence-corrected chi connectivity index (χ0v) is 14.7.